The first-order chi connectivity index (χ1) is 7.67. The normalized spacial score (nSPS) is 11.8. The van der Waals surface area contributed by atoms with Gasteiger partial charge in [-0.15, -0.1) is 0 Å². The van der Waals surface area contributed by atoms with Crippen molar-refractivity contribution >= 4 is 15.9 Å². The number of aliphatic hydroxyl groups excluding tert-OH is 2. The van der Waals surface area contributed by atoms with E-state index in [9.17, 15) is 10.2 Å². The Morgan fingerprint density at radius 2 is 1.81 bits per heavy atom. The van der Waals surface area contributed by atoms with E-state index in [2.05, 4.69) is 22.9 Å². The van der Waals surface area contributed by atoms with Crippen molar-refractivity contribution in [2.75, 3.05) is 13.2 Å². The third-order valence-corrected chi connectivity index (χ3v) is 3.75. The predicted molar refractivity (Wildman–Crippen MR) is 69.4 cm³/mol. The minimum absolute atomic E-state index is 0.0265. The fraction of sp³-hybridized carbons (Fsp3) is 0.538. The molecule has 0 fully saturated rings. The highest BCUT2D eigenvalue weighted by molar-refractivity contribution is 9.10. The number of aliphatic hydroxyl groups is 2. The van der Waals surface area contributed by atoms with Gasteiger partial charge in [-0.25, -0.2) is 0 Å². The van der Waals surface area contributed by atoms with Crippen LogP contribution in [0, 0.1) is 5.41 Å². The summed E-state index contributed by atoms with van der Waals surface area (Å²) in [5, 5.41) is 19.0. The molecule has 0 amide bonds. The molecule has 0 atom stereocenters. The van der Waals surface area contributed by atoms with Crippen molar-refractivity contribution < 1.29 is 10.2 Å². The van der Waals surface area contributed by atoms with Gasteiger partial charge in [-0.2, -0.15) is 0 Å². The molecule has 0 aliphatic rings. The maximum atomic E-state index is 9.48. The van der Waals surface area contributed by atoms with Crippen LogP contribution in [0.2, 0.25) is 0 Å². The molecule has 0 saturated carbocycles. The third kappa shape index (κ3) is 3.30. The maximum Gasteiger partial charge on any atom is 0.0512 e. The Balaban J connectivity index is 2.87. The van der Waals surface area contributed by atoms with Crippen LogP contribution in [-0.4, -0.2) is 23.4 Å². The van der Waals surface area contributed by atoms with Crippen LogP contribution in [0.1, 0.15) is 25.3 Å². The van der Waals surface area contributed by atoms with E-state index in [4.69, 9.17) is 0 Å². The molecule has 0 unspecified atom stereocenters. The summed E-state index contributed by atoms with van der Waals surface area (Å²) in [6.45, 7) is 2.12. The van der Waals surface area contributed by atoms with Crippen molar-refractivity contribution in [3.8, 4) is 0 Å². The van der Waals surface area contributed by atoms with Crippen LogP contribution in [0.5, 0.6) is 0 Å². The topological polar surface area (TPSA) is 40.5 Å². The molecule has 1 rings (SSSR count). The smallest absolute Gasteiger partial charge is 0.0512 e. The molecule has 0 bridgehead atoms. The first-order valence-electron chi connectivity index (χ1n) is 5.62. The first kappa shape index (κ1) is 13.7. The summed E-state index contributed by atoms with van der Waals surface area (Å²) in [5.41, 5.74) is 0.748. The summed E-state index contributed by atoms with van der Waals surface area (Å²) in [5.74, 6) is 0. The van der Waals surface area contributed by atoms with E-state index in [0.29, 0.717) is 6.42 Å². The number of rotatable bonds is 6. The minimum Gasteiger partial charge on any atom is -0.396 e. The predicted octanol–water partition coefficient (Wildman–Crippen LogP) is 2.76. The molecule has 0 heterocycles. The average molecular weight is 287 g/mol. The van der Waals surface area contributed by atoms with E-state index >= 15 is 0 Å². The van der Waals surface area contributed by atoms with Crippen LogP contribution in [0.4, 0.5) is 0 Å². The van der Waals surface area contributed by atoms with Gasteiger partial charge < -0.3 is 10.2 Å². The summed E-state index contributed by atoms with van der Waals surface area (Å²) < 4.78 is 1.04. The van der Waals surface area contributed by atoms with Gasteiger partial charge in [0, 0.05) is 9.89 Å². The van der Waals surface area contributed by atoms with Crippen LogP contribution >= 0.6 is 15.9 Å². The molecule has 1 aromatic carbocycles. The van der Waals surface area contributed by atoms with Crippen LogP contribution in [0.25, 0.3) is 0 Å². The maximum absolute atomic E-state index is 9.48. The van der Waals surface area contributed by atoms with E-state index in [1.165, 1.54) is 0 Å². The molecule has 1 aromatic rings. The Bertz CT molecular complexity index is 321. The zero-order valence-corrected chi connectivity index (χ0v) is 11.2. The lowest BCUT2D eigenvalue weighted by Crippen LogP contribution is -2.32. The highest BCUT2D eigenvalue weighted by Crippen LogP contribution is 2.30. The Hall–Kier alpha value is -0.380. The molecule has 3 heteroatoms. The van der Waals surface area contributed by atoms with Gasteiger partial charge in [0.1, 0.15) is 0 Å². The average Bonchev–Trinajstić information content (AvgIpc) is 2.31. The van der Waals surface area contributed by atoms with Gasteiger partial charge in [0.15, 0.2) is 0 Å². The standard InChI is InChI=1S/C13H19BrO2/c1-2-7-13(9-15,10-16)8-11-5-3-4-6-12(11)14/h3-6,15-16H,2,7-10H2,1H3. The van der Waals surface area contributed by atoms with Crippen molar-refractivity contribution in [1.29, 1.82) is 0 Å². The highest BCUT2D eigenvalue weighted by Gasteiger charge is 2.28. The zero-order valence-electron chi connectivity index (χ0n) is 9.62. The molecular weight excluding hydrogens is 268 g/mol. The van der Waals surface area contributed by atoms with E-state index < -0.39 is 5.41 Å². The van der Waals surface area contributed by atoms with E-state index in [1.807, 2.05) is 24.3 Å². The van der Waals surface area contributed by atoms with E-state index in [1.54, 1.807) is 0 Å². The lowest BCUT2D eigenvalue weighted by atomic mass is 9.79. The quantitative estimate of drug-likeness (QED) is 0.844. The van der Waals surface area contributed by atoms with Gasteiger partial charge in [0.05, 0.1) is 13.2 Å². The van der Waals surface area contributed by atoms with Crippen molar-refractivity contribution in [2.24, 2.45) is 5.41 Å². The molecular formula is C13H19BrO2. The Kier molecular flexibility index (Phi) is 5.46. The van der Waals surface area contributed by atoms with Crippen molar-refractivity contribution in [2.45, 2.75) is 26.2 Å². The van der Waals surface area contributed by atoms with Gasteiger partial charge in [0.2, 0.25) is 0 Å². The fourth-order valence-corrected chi connectivity index (χ4v) is 2.41. The van der Waals surface area contributed by atoms with Crippen molar-refractivity contribution in [3.63, 3.8) is 0 Å². The summed E-state index contributed by atoms with van der Waals surface area (Å²) in [6, 6.07) is 7.96. The van der Waals surface area contributed by atoms with Gasteiger partial charge in [-0.05, 0) is 24.5 Å². The van der Waals surface area contributed by atoms with Crippen LogP contribution in [-0.2, 0) is 6.42 Å². The van der Waals surface area contributed by atoms with Gasteiger partial charge >= 0.3 is 0 Å². The SMILES string of the molecule is CCCC(CO)(CO)Cc1ccccc1Br. The number of hydrogen-bond donors (Lipinski definition) is 2. The van der Waals surface area contributed by atoms with Gasteiger partial charge in [-0.1, -0.05) is 47.5 Å². The fourth-order valence-electron chi connectivity index (χ4n) is 1.98. The van der Waals surface area contributed by atoms with Gasteiger partial charge in [-0.3, -0.25) is 0 Å². The number of benzene rings is 1. The van der Waals surface area contributed by atoms with Crippen molar-refractivity contribution in [3.05, 3.63) is 34.3 Å². The van der Waals surface area contributed by atoms with Crippen LogP contribution in [0.3, 0.4) is 0 Å². The van der Waals surface area contributed by atoms with E-state index in [0.717, 1.165) is 22.9 Å². The molecule has 0 spiro atoms. The van der Waals surface area contributed by atoms with Crippen molar-refractivity contribution in [1.82, 2.24) is 0 Å². The summed E-state index contributed by atoms with van der Waals surface area (Å²) in [6.07, 6.45) is 2.50. The van der Waals surface area contributed by atoms with Crippen LogP contribution in [0.15, 0.2) is 28.7 Å². The Morgan fingerprint density at radius 1 is 1.19 bits per heavy atom. The molecule has 0 aromatic heterocycles. The molecule has 90 valence electrons. The molecule has 0 saturated heterocycles. The van der Waals surface area contributed by atoms with Gasteiger partial charge in [0.25, 0.3) is 0 Å². The lowest BCUT2D eigenvalue weighted by Gasteiger charge is -2.30. The third-order valence-electron chi connectivity index (χ3n) is 2.97. The molecule has 2 nitrogen and oxygen atoms in total. The zero-order chi connectivity index (χ0) is 12.0. The van der Waals surface area contributed by atoms with E-state index in [-0.39, 0.29) is 13.2 Å². The number of halogens is 1. The number of hydrogen-bond acceptors (Lipinski definition) is 2. The largest absolute Gasteiger partial charge is 0.396 e. The molecule has 2 N–H and O–H groups in total. The summed E-state index contributed by atoms with van der Waals surface area (Å²) >= 11 is 3.50. The lowest BCUT2D eigenvalue weighted by molar-refractivity contribution is 0.0465. The Morgan fingerprint density at radius 3 is 2.31 bits per heavy atom. The van der Waals surface area contributed by atoms with Crippen LogP contribution < -0.4 is 0 Å². The molecule has 16 heavy (non-hydrogen) atoms. The highest BCUT2D eigenvalue weighted by atomic mass is 79.9. The molecule has 0 aliphatic heterocycles. The monoisotopic (exact) mass is 286 g/mol. The second kappa shape index (κ2) is 6.38. The Labute approximate surface area is 105 Å². The molecule has 0 radical (unpaired) electrons. The minimum atomic E-state index is -0.390. The second-order valence-electron chi connectivity index (χ2n) is 4.33. The molecule has 0 aliphatic carbocycles. The summed E-state index contributed by atoms with van der Waals surface area (Å²) in [7, 11) is 0. The summed E-state index contributed by atoms with van der Waals surface area (Å²) in [4.78, 5) is 0. The second-order valence-corrected chi connectivity index (χ2v) is 5.19. The first-order valence-corrected chi connectivity index (χ1v) is 6.42.